The predicted octanol–water partition coefficient (Wildman–Crippen LogP) is 1.75. The maximum Gasteiger partial charge on any atom is 0.189 e. The summed E-state index contributed by atoms with van der Waals surface area (Å²) >= 11 is 0. The molecule has 0 fully saturated rings. The average Bonchev–Trinajstić information content (AvgIpc) is 2.40. The quantitative estimate of drug-likeness (QED) is 0.795. The molecule has 1 aliphatic heterocycles. The lowest BCUT2D eigenvalue weighted by atomic mass is 10.1. The minimum atomic E-state index is -0.220. The van der Waals surface area contributed by atoms with Crippen LogP contribution in [0.25, 0.3) is 0 Å². The van der Waals surface area contributed by atoms with Crippen molar-refractivity contribution in [3.8, 4) is 5.75 Å². The number of hydrogen-bond donors (Lipinski definition) is 1. The molecule has 3 heteroatoms. The van der Waals surface area contributed by atoms with Crippen LogP contribution in [0.5, 0.6) is 5.75 Å². The van der Waals surface area contributed by atoms with Gasteiger partial charge < -0.3 is 4.74 Å². The van der Waals surface area contributed by atoms with Crippen molar-refractivity contribution in [2.24, 2.45) is 0 Å². The fraction of sp³-hybridized carbons (Fsp3) is 0.250. The molecule has 1 N–H and O–H groups in total. The molecule has 78 valence electrons. The third kappa shape index (κ3) is 2.07. The van der Waals surface area contributed by atoms with Gasteiger partial charge in [0.15, 0.2) is 12.0 Å². The average molecular weight is 203 g/mol. The Bertz CT molecular complexity index is 398. The molecule has 0 saturated heterocycles. The molecular weight excluding hydrogens is 190 g/mol. The second-order valence-electron chi connectivity index (χ2n) is 3.32. The SMILES string of the molecule is CCNC1C=CC(=O)c2ccccc2O1. The molecule has 0 aliphatic carbocycles. The van der Waals surface area contributed by atoms with Crippen LogP contribution in [-0.4, -0.2) is 18.6 Å². The number of allylic oxidation sites excluding steroid dienone is 1. The van der Waals surface area contributed by atoms with E-state index in [0.29, 0.717) is 11.3 Å². The van der Waals surface area contributed by atoms with Gasteiger partial charge in [0.2, 0.25) is 0 Å². The van der Waals surface area contributed by atoms with Crippen LogP contribution in [0.3, 0.4) is 0 Å². The number of para-hydroxylation sites is 1. The number of carbonyl (C=O) groups is 1. The van der Waals surface area contributed by atoms with Crippen molar-refractivity contribution in [1.82, 2.24) is 5.32 Å². The van der Waals surface area contributed by atoms with Crippen molar-refractivity contribution in [3.63, 3.8) is 0 Å². The molecule has 1 atom stereocenters. The highest BCUT2D eigenvalue weighted by atomic mass is 16.5. The molecule has 0 amide bonds. The van der Waals surface area contributed by atoms with Gasteiger partial charge in [-0.3, -0.25) is 10.1 Å². The van der Waals surface area contributed by atoms with Gasteiger partial charge in [0.25, 0.3) is 0 Å². The van der Waals surface area contributed by atoms with Gasteiger partial charge in [-0.15, -0.1) is 0 Å². The first-order chi connectivity index (χ1) is 7.31. The standard InChI is InChI=1S/C12H13NO2/c1-2-13-12-8-7-10(14)9-5-3-4-6-11(9)15-12/h3-8,12-13H,2H2,1H3. The van der Waals surface area contributed by atoms with Crippen LogP contribution in [0.4, 0.5) is 0 Å². The van der Waals surface area contributed by atoms with E-state index in [9.17, 15) is 4.79 Å². The minimum absolute atomic E-state index is 0.00833. The van der Waals surface area contributed by atoms with Crippen LogP contribution in [0.1, 0.15) is 17.3 Å². The van der Waals surface area contributed by atoms with Gasteiger partial charge in [0, 0.05) is 0 Å². The van der Waals surface area contributed by atoms with Gasteiger partial charge in [-0.05, 0) is 30.8 Å². The zero-order valence-electron chi connectivity index (χ0n) is 8.57. The highest BCUT2D eigenvalue weighted by molar-refractivity contribution is 6.06. The Kier molecular flexibility index (Phi) is 2.83. The summed E-state index contributed by atoms with van der Waals surface area (Å²) in [5.41, 5.74) is 0.620. The van der Waals surface area contributed by atoms with Gasteiger partial charge in [-0.2, -0.15) is 0 Å². The summed E-state index contributed by atoms with van der Waals surface area (Å²) in [6.45, 7) is 2.79. The molecule has 0 radical (unpaired) electrons. The molecular formula is C12H13NO2. The summed E-state index contributed by atoms with van der Waals surface area (Å²) in [7, 11) is 0. The smallest absolute Gasteiger partial charge is 0.189 e. The van der Waals surface area contributed by atoms with Crippen LogP contribution in [0.15, 0.2) is 36.4 Å². The number of hydrogen-bond acceptors (Lipinski definition) is 3. The topological polar surface area (TPSA) is 38.3 Å². The Morgan fingerprint density at radius 2 is 2.20 bits per heavy atom. The Morgan fingerprint density at radius 3 is 3.00 bits per heavy atom. The number of likely N-dealkylation sites (N-methyl/N-ethyl adjacent to an activating group) is 1. The van der Waals surface area contributed by atoms with Crippen LogP contribution < -0.4 is 10.1 Å². The summed E-state index contributed by atoms with van der Waals surface area (Å²) in [6.07, 6.45) is 3.08. The van der Waals surface area contributed by atoms with Crippen molar-refractivity contribution in [2.75, 3.05) is 6.54 Å². The number of carbonyl (C=O) groups excluding carboxylic acids is 1. The number of fused-ring (bicyclic) bond motifs is 1. The molecule has 2 rings (SSSR count). The molecule has 1 heterocycles. The van der Waals surface area contributed by atoms with Crippen LogP contribution >= 0.6 is 0 Å². The van der Waals surface area contributed by atoms with E-state index < -0.39 is 0 Å². The van der Waals surface area contributed by atoms with E-state index in [1.54, 1.807) is 18.2 Å². The normalized spacial score (nSPS) is 19.3. The summed E-state index contributed by atoms with van der Waals surface area (Å²) in [5.74, 6) is 0.629. The number of nitrogens with one attached hydrogen (secondary N) is 1. The monoisotopic (exact) mass is 203 g/mol. The molecule has 1 aromatic carbocycles. The van der Waals surface area contributed by atoms with Crippen molar-refractivity contribution in [3.05, 3.63) is 42.0 Å². The first-order valence-electron chi connectivity index (χ1n) is 5.03. The lowest BCUT2D eigenvalue weighted by Gasteiger charge is -2.15. The van der Waals surface area contributed by atoms with Gasteiger partial charge in [0.1, 0.15) is 5.75 Å². The van der Waals surface area contributed by atoms with E-state index in [0.717, 1.165) is 6.54 Å². The predicted molar refractivity (Wildman–Crippen MR) is 58.0 cm³/mol. The Labute approximate surface area is 88.8 Å². The zero-order chi connectivity index (χ0) is 10.7. The number of rotatable bonds is 2. The zero-order valence-corrected chi connectivity index (χ0v) is 8.57. The molecule has 0 spiro atoms. The molecule has 0 bridgehead atoms. The highest BCUT2D eigenvalue weighted by Crippen LogP contribution is 2.22. The van der Waals surface area contributed by atoms with E-state index in [1.807, 2.05) is 25.1 Å². The Morgan fingerprint density at radius 1 is 1.40 bits per heavy atom. The van der Waals surface area contributed by atoms with Crippen LogP contribution in [-0.2, 0) is 0 Å². The maximum atomic E-state index is 11.7. The summed E-state index contributed by atoms with van der Waals surface area (Å²) in [4.78, 5) is 11.7. The molecule has 3 nitrogen and oxygen atoms in total. The third-order valence-electron chi connectivity index (χ3n) is 2.23. The Hall–Kier alpha value is -1.61. The molecule has 0 aromatic heterocycles. The van der Waals surface area contributed by atoms with Crippen LogP contribution in [0.2, 0.25) is 0 Å². The minimum Gasteiger partial charge on any atom is -0.471 e. The van der Waals surface area contributed by atoms with Gasteiger partial charge in [0.05, 0.1) is 5.56 Å². The second kappa shape index (κ2) is 4.28. The maximum absolute atomic E-state index is 11.7. The van der Waals surface area contributed by atoms with Crippen molar-refractivity contribution in [1.29, 1.82) is 0 Å². The van der Waals surface area contributed by atoms with Crippen molar-refractivity contribution >= 4 is 5.78 Å². The first-order valence-corrected chi connectivity index (χ1v) is 5.03. The van der Waals surface area contributed by atoms with Gasteiger partial charge in [-0.1, -0.05) is 19.1 Å². The summed E-state index contributed by atoms with van der Waals surface area (Å²) < 4.78 is 5.65. The lowest BCUT2D eigenvalue weighted by molar-refractivity contribution is 0.104. The first kappa shape index (κ1) is 9.93. The van der Waals surface area contributed by atoms with E-state index in [1.165, 1.54) is 0 Å². The largest absolute Gasteiger partial charge is 0.471 e. The fourth-order valence-electron chi connectivity index (χ4n) is 1.52. The van der Waals surface area contributed by atoms with E-state index >= 15 is 0 Å². The molecule has 1 aromatic rings. The third-order valence-corrected chi connectivity index (χ3v) is 2.23. The summed E-state index contributed by atoms with van der Waals surface area (Å²) in [5, 5.41) is 3.12. The van der Waals surface area contributed by atoms with Crippen LogP contribution in [0, 0.1) is 0 Å². The molecule has 1 aliphatic rings. The number of ether oxygens (including phenoxy) is 1. The lowest BCUT2D eigenvalue weighted by Crippen LogP contribution is -2.32. The van der Waals surface area contributed by atoms with E-state index in [2.05, 4.69) is 5.32 Å². The molecule has 1 unspecified atom stereocenters. The second-order valence-corrected chi connectivity index (χ2v) is 3.32. The van der Waals surface area contributed by atoms with E-state index in [4.69, 9.17) is 4.74 Å². The van der Waals surface area contributed by atoms with Gasteiger partial charge >= 0.3 is 0 Å². The fourth-order valence-corrected chi connectivity index (χ4v) is 1.52. The highest BCUT2D eigenvalue weighted by Gasteiger charge is 2.16. The van der Waals surface area contributed by atoms with Crippen molar-refractivity contribution < 1.29 is 9.53 Å². The van der Waals surface area contributed by atoms with Gasteiger partial charge in [-0.25, -0.2) is 0 Å². The van der Waals surface area contributed by atoms with E-state index in [-0.39, 0.29) is 12.0 Å². The van der Waals surface area contributed by atoms with Crippen molar-refractivity contribution in [2.45, 2.75) is 13.2 Å². The Balaban J connectivity index is 2.33. The molecule has 0 saturated carbocycles. The number of ketones is 1. The number of benzene rings is 1. The summed E-state index contributed by atoms with van der Waals surface area (Å²) in [6, 6.07) is 7.28. The molecule has 15 heavy (non-hydrogen) atoms.